The Hall–Kier alpha value is -2.32. The molecule has 8 heteroatoms. The third-order valence-electron chi connectivity index (χ3n) is 9.01. The molecule has 0 amide bonds. The molecule has 0 radical (unpaired) electrons. The highest BCUT2D eigenvalue weighted by molar-refractivity contribution is 6.01. The second kappa shape index (κ2) is 8.17. The molecule has 0 aromatic heterocycles. The van der Waals surface area contributed by atoms with Crippen LogP contribution in [0.2, 0.25) is 0 Å². The van der Waals surface area contributed by atoms with Crippen LogP contribution in [0.25, 0.3) is 0 Å². The third kappa shape index (κ3) is 3.67. The summed E-state index contributed by atoms with van der Waals surface area (Å²) in [5.74, 6) is -2.91. The number of carboxylic acids is 1. The molecule has 0 aromatic rings. The summed E-state index contributed by atoms with van der Waals surface area (Å²) >= 11 is 0. The summed E-state index contributed by atoms with van der Waals surface area (Å²) in [6.07, 6.45) is 6.04. The molecule has 4 rings (SSSR count). The van der Waals surface area contributed by atoms with E-state index in [0.717, 1.165) is 18.4 Å². The average Bonchev–Trinajstić information content (AvgIpc) is 3.02. The molecule has 0 bridgehead atoms. The second-order valence-corrected chi connectivity index (χ2v) is 10.6. The maximum absolute atomic E-state index is 13.1. The molecule has 0 spiro atoms. The molecule has 4 aliphatic rings. The summed E-state index contributed by atoms with van der Waals surface area (Å²) in [5, 5.41) is 33.4. The largest absolute Gasteiger partial charge is 0.550 e. The number of allylic oxidation sites excluding steroid dienone is 4. The van der Waals surface area contributed by atoms with Gasteiger partial charge in [0.2, 0.25) is 5.78 Å². The number of ether oxygens (including phenoxy) is 1. The Balaban J connectivity index is 1.53. The van der Waals surface area contributed by atoms with Crippen molar-refractivity contribution in [2.24, 2.45) is 28.6 Å². The molecular weight excluding hydrogens is 428 g/mol. The van der Waals surface area contributed by atoms with Gasteiger partial charge in [0.25, 0.3) is 0 Å². The van der Waals surface area contributed by atoms with Gasteiger partial charge in [0.05, 0.1) is 12.5 Å². The number of Topliss-reactive ketones (excluding diaryl/α,β-unsaturated/α-hetero) is 1. The van der Waals surface area contributed by atoms with E-state index in [1.807, 2.05) is 13.0 Å². The first kappa shape index (κ1) is 23.8. The van der Waals surface area contributed by atoms with Crippen LogP contribution in [0.5, 0.6) is 0 Å². The lowest BCUT2D eigenvalue weighted by Gasteiger charge is -2.59. The minimum Gasteiger partial charge on any atom is -0.550 e. The Morgan fingerprint density at radius 3 is 2.64 bits per heavy atom. The zero-order valence-electron chi connectivity index (χ0n) is 19.0. The zero-order valence-corrected chi connectivity index (χ0v) is 19.0. The summed E-state index contributed by atoms with van der Waals surface area (Å²) in [6.45, 7) is 3.26. The van der Waals surface area contributed by atoms with E-state index in [0.29, 0.717) is 6.42 Å². The molecular formula is C25H31O8-. The van der Waals surface area contributed by atoms with Gasteiger partial charge in [-0.05, 0) is 62.5 Å². The Bertz CT molecular complexity index is 950. The number of esters is 1. The number of ketones is 2. The highest BCUT2D eigenvalue weighted by Crippen LogP contribution is 2.67. The van der Waals surface area contributed by atoms with E-state index in [-0.39, 0.29) is 36.4 Å². The number of fused-ring (bicyclic) bond motifs is 5. The SMILES string of the molecule is C[C@]12C=CC(=O)C=C1CCC1C2[C@@H](O)C[C@@]2(C)C1CC[C@]2(O)C(=O)COC(=O)CCC(=O)[O-]. The molecule has 0 aliphatic heterocycles. The van der Waals surface area contributed by atoms with Crippen LogP contribution < -0.4 is 5.11 Å². The second-order valence-electron chi connectivity index (χ2n) is 10.6. The number of aliphatic hydroxyl groups is 2. The number of carbonyl (C=O) groups is 4. The first-order valence-electron chi connectivity index (χ1n) is 11.7. The van der Waals surface area contributed by atoms with E-state index in [9.17, 15) is 34.5 Å². The maximum atomic E-state index is 13.1. The van der Waals surface area contributed by atoms with Crippen LogP contribution in [-0.2, 0) is 23.9 Å². The first-order chi connectivity index (χ1) is 15.4. The molecule has 0 heterocycles. The highest BCUT2D eigenvalue weighted by Gasteiger charge is 2.68. The van der Waals surface area contributed by atoms with E-state index in [4.69, 9.17) is 4.74 Å². The molecule has 7 atom stereocenters. The minimum atomic E-state index is -1.74. The molecule has 3 unspecified atom stereocenters. The fraction of sp³-hybridized carbons (Fsp3) is 0.680. The molecule has 0 aromatic carbocycles. The molecule has 3 saturated carbocycles. The van der Waals surface area contributed by atoms with Crippen LogP contribution in [0.4, 0.5) is 0 Å². The number of aliphatic hydroxyl groups excluding tert-OH is 1. The van der Waals surface area contributed by atoms with Gasteiger partial charge < -0.3 is 24.9 Å². The average molecular weight is 460 g/mol. The fourth-order valence-corrected chi connectivity index (χ4v) is 7.33. The lowest BCUT2D eigenvalue weighted by atomic mass is 9.46. The number of carboxylic acid groups (broad SMARTS) is 1. The summed E-state index contributed by atoms with van der Waals surface area (Å²) in [6, 6.07) is 0. The lowest BCUT2D eigenvalue weighted by Crippen LogP contribution is -2.61. The Morgan fingerprint density at radius 1 is 1.21 bits per heavy atom. The van der Waals surface area contributed by atoms with Crippen molar-refractivity contribution in [3.63, 3.8) is 0 Å². The number of hydrogen-bond acceptors (Lipinski definition) is 8. The van der Waals surface area contributed by atoms with Gasteiger partial charge in [-0.25, -0.2) is 0 Å². The Labute approximate surface area is 192 Å². The predicted octanol–water partition coefficient (Wildman–Crippen LogP) is 0.639. The molecule has 8 nitrogen and oxygen atoms in total. The van der Waals surface area contributed by atoms with E-state index >= 15 is 0 Å². The minimum absolute atomic E-state index is 0.00182. The number of aliphatic carboxylic acids is 1. The van der Waals surface area contributed by atoms with E-state index < -0.39 is 59.7 Å². The van der Waals surface area contributed by atoms with Gasteiger partial charge >= 0.3 is 5.97 Å². The van der Waals surface area contributed by atoms with E-state index in [2.05, 4.69) is 6.92 Å². The van der Waals surface area contributed by atoms with Crippen LogP contribution in [0.15, 0.2) is 23.8 Å². The lowest BCUT2D eigenvalue weighted by molar-refractivity contribution is -0.305. The molecule has 180 valence electrons. The van der Waals surface area contributed by atoms with Crippen LogP contribution in [0, 0.1) is 28.6 Å². The van der Waals surface area contributed by atoms with Crippen molar-refractivity contribution in [3.8, 4) is 0 Å². The third-order valence-corrected chi connectivity index (χ3v) is 9.01. The van der Waals surface area contributed by atoms with Crippen molar-refractivity contribution in [1.82, 2.24) is 0 Å². The number of hydrogen-bond donors (Lipinski definition) is 2. The summed E-state index contributed by atoms with van der Waals surface area (Å²) in [7, 11) is 0. The highest BCUT2D eigenvalue weighted by atomic mass is 16.5. The predicted molar refractivity (Wildman–Crippen MR) is 113 cm³/mol. The summed E-state index contributed by atoms with van der Waals surface area (Å²) < 4.78 is 4.94. The van der Waals surface area contributed by atoms with Crippen LogP contribution in [0.3, 0.4) is 0 Å². The van der Waals surface area contributed by atoms with Gasteiger partial charge in [0, 0.05) is 22.7 Å². The van der Waals surface area contributed by atoms with Crippen molar-refractivity contribution in [1.29, 1.82) is 0 Å². The van der Waals surface area contributed by atoms with Crippen molar-refractivity contribution in [3.05, 3.63) is 23.8 Å². The van der Waals surface area contributed by atoms with Gasteiger partial charge in [-0.15, -0.1) is 0 Å². The van der Waals surface area contributed by atoms with E-state index in [1.165, 1.54) is 0 Å². The quantitative estimate of drug-likeness (QED) is 0.551. The number of carbonyl (C=O) groups excluding carboxylic acids is 4. The first-order valence-corrected chi connectivity index (χ1v) is 11.7. The molecule has 2 N–H and O–H groups in total. The number of rotatable bonds is 6. The zero-order chi connectivity index (χ0) is 24.2. The van der Waals surface area contributed by atoms with Gasteiger partial charge in [-0.1, -0.05) is 25.5 Å². The van der Waals surface area contributed by atoms with Crippen LogP contribution in [-0.4, -0.2) is 52.0 Å². The topological polar surface area (TPSA) is 141 Å². The van der Waals surface area contributed by atoms with Crippen molar-refractivity contribution >= 4 is 23.5 Å². The fourth-order valence-electron chi connectivity index (χ4n) is 7.33. The molecule has 33 heavy (non-hydrogen) atoms. The maximum Gasteiger partial charge on any atom is 0.306 e. The standard InChI is InChI=1S/C25H32O8/c1-23-9-7-15(26)11-14(23)3-4-16-17-8-10-25(32,24(17,2)12-18(27)22(16)23)19(28)13-33-21(31)6-5-20(29)30/h7,9,11,16-18,22,27,32H,3-6,8,10,12-13H2,1-2H3,(H,29,30)/p-1/t16?,17?,18-,22?,23-,24-,25-/m0/s1. The normalized spacial score (nSPS) is 41.5. The van der Waals surface area contributed by atoms with Crippen LogP contribution >= 0.6 is 0 Å². The molecule has 3 fully saturated rings. The van der Waals surface area contributed by atoms with Gasteiger partial charge in [-0.3, -0.25) is 14.4 Å². The van der Waals surface area contributed by atoms with Gasteiger partial charge in [0.1, 0.15) is 5.60 Å². The molecule has 4 aliphatic carbocycles. The van der Waals surface area contributed by atoms with E-state index in [1.54, 1.807) is 12.2 Å². The Kier molecular flexibility index (Phi) is 5.90. The smallest absolute Gasteiger partial charge is 0.306 e. The van der Waals surface area contributed by atoms with Crippen molar-refractivity contribution in [2.75, 3.05) is 6.61 Å². The van der Waals surface area contributed by atoms with Crippen molar-refractivity contribution < 1.29 is 39.2 Å². The summed E-state index contributed by atoms with van der Waals surface area (Å²) in [4.78, 5) is 47.2. The Morgan fingerprint density at radius 2 is 1.94 bits per heavy atom. The monoisotopic (exact) mass is 459 g/mol. The molecule has 0 saturated heterocycles. The summed E-state index contributed by atoms with van der Waals surface area (Å²) in [5.41, 5.74) is -2.02. The van der Waals surface area contributed by atoms with Crippen LogP contribution in [0.1, 0.15) is 58.8 Å². The van der Waals surface area contributed by atoms with Crippen molar-refractivity contribution in [2.45, 2.75) is 70.5 Å². The van der Waals surface area contributed by atoms with Gasteiger partial charge in [-0.2, -0.15) is 0 Å². The van der Waals surface area contributed by atoms with Gasteiger partial charge in [0.15, 0.2) is 12.4 Å².